The Bertz CT molecular complexity index is 296. The Balaban J connectivity index is 1.77. The quantitative estimate of drug-likeness (QED) is 0.751. The van der Waals surface area contributed by atoms with Crippen molar-refractivity contribution in [3.63, 3.8) is 0 Å². The third-order valence-corrected chi connectivity index (χ3v) is 3.14. The molecule has 8 heteroatoms. The Labute approximate surface area is 103 Å². The molecule has 2 rings (SSSR count). The van der Waals surface area contributed by atoms with E-state index in [1.165, 1.54) is 4.90 Å². The van der Waals surface area contributed by atoms with E-state index in [9.17, 15) is 18.0 Å². The number of amides is 2. The normalized spacial score (nSPS) is 22.6. The molecule has 104 valence electrons. The molecule has 0 aromatic rings. The van der Waals surface area contributed by atoms with Crippen LogP contribution in [0.1, 0.15) is 6.42 Å². The predicted octanol–water partition coefficient (Wildman–Crippen LogP) is 0.497. The van der Waals surface area contributed by atoms with Crippen molar-refractivity contribution in [2.75, 3.05) is 45.8 Å². The number of piperazine rings is 1. The lowest BCUT2D eigenvalue weighted by atomic mass is 10.3. The van der Waals surface area contributed by atoms with E-state index in [0.717, 1.165) is 13.0 Å². The maximum atomic E-state index is 12.2. The number of urea groups is 1. The zero-order valence-electron chi connectivity index (χ0n) is 10.0. The molecule has 0 unspecified atom stereocenters. The molecule has 2 aliphatic heterocycles. The Morgan fingerprint density at radius 2 is 1.78 bits per heavy atom. The van der Waals surface area contributed by atoms with E-state index in [2.05, 4.69) is 5.43 Å². The number of rotatable bonds is 1. The van der Waals surface area contributed by atoms with Gasteiger partial charge in [0.1, 0.15) is 0 Å². The van der Waals surface area contributed by atoms with E-state index in [1.54, 1.807) is 9.91 Å². The zero-order valence-corrected chi connectivity index (χ0v) is 10.0. The highest BCUT2D eigenvalue weighted by Gasteiger charge is 2.33. The molecular weight excluding hydrogens is 249 g/mol. The molecule has 2 aliphatic rings. The lowest BCUT2D eigenvalue weighted by Crippen LogP contribution is -2.55. The largest absolute Gasteiger partial charge is 0.401 e. The molecule has 2 amide bonds. The second-order valence-corrected chi connectivity index (χ2v) is 4.57. The Hall–Kier alpha value is -1.02. The minimum absolute atomic E-state index is 0.126. The number of nitrogens with one attached hydrogen (secondary N) is 1. The molecule has 2 heterocycles. The Morgan fingerprint density at radius 1 is 1.11 bits per heavy atom. The van der Waals surface area contributed by atoms with Gasteiger partial charge in [-0.1, -0.05) is 0 Å². The molecule has 2 fully saturated rings. The second kappa shape index (κ2) is 5.31. The van der Waals surface area contributed by atoms with Gasteiger partial charge in [-0.05, 0) is 6.42 Å². The van der Waals surface area contributed by atoms with Crippen molar-refractivity contribution in [2.24, 2.45) is 0 Å². The highest BCUT2D eigenvalue weighted by atomic mass is 19.4. The molecule has 0 radical (unpaired) electrons. The van der Waals surface area contributed by atoms with Crippen LogP contribution in [-0.2, 0) is 0 Å². The van der Waals surface area contributed by atoms with Gasteiger partial charge in [0.2, 0.25) is 0 Å². The summed E-state index contributed by atoms with van der Waals surface area (Å²) in [6.45, 7) is 1.82. The highest BCUT2D eigenvalue weighted by molar-refractivity contribution is 5.74. The van der Waals surface area contributed by atoms with Gasteiger partial charge in [0, 0.05) is 39.3 Å². The van der Waals surface area contributed by atoms with Crippen LogP contribution in [0.3, 0.4) is 0 Å². The van der Waals surface area contributed by atoms with E-state index in [1.807, 2.05) is 0 Å². The van der Waals surface area contributed by atoms with Gasteiger partial charge in [-0.15, -0.1) is 0 Å². The summed E-state index contributed by atoms with van der Waals surface area (Å²) in [5.74, 6) is 0. The third kappa shape index (κ3) is 3.49. The molecule has 18 heavy (non-hydrogen) atoms. The van der Waals surface area contributed by atoms with Crippen molar-refractivity contribution in [2.45, 2.75) is 12.6 Å². The van der Waals surface area contributed by atoms with E-state index in [4.69, 9.17) is 0 Å². The molecule has 2 saturated heterocycles. The number of halogens is 3. The molecule has 0 bridgehead atoms. The summed E-state index contributed by atoms with van der Waals surface area (Å²) in [4.78, 5) is 14.9. The number of alkyl halides is 3. The number of carbonyl (C=O) groups is 1. The van der Waals surface area contributed by atoms with Crippen LogP contribution in [0.4, 0.5) is 18.0 Å². The van der Waals surface area contributed by atoms with Gasteiger partial charge >= 0.3 is 12.2 Å². The van der Waals surface area contributed by atoms with Crippen molar-refractivity contribution in [3.8, 4) is 0 Å². The van der Waals surface area contributed by atoms with E-state index in [0.29, 0.717) is 19.6 Å². The van der Waals surface area contributed by atoms with Crippen LogP contribution < -0.4 is 5.43 Å². The maximum absolute atomic E-state index is 12.2. The monoisotopic (exact) mass is 266 g/mol. The van der Waals surface area contributed by atoms with Gasteiger partial charge in [-0.25, -0.2) is 10.2 Å². The van der Waals surface area contributed by atoms with Crippen molar-refractivity contribution in [1.82, 2.24) is 20.2 Å². The Kier molecular flexibility index (Phi) is 3.96. The topological polar surface area (TPSA) is 38.8 Å². The first-order valence-electron chi connectivity index (χ1n) is 6.05. The average molecular weight is 266 g/mol. The third-order valence-electron chi connectivity index (χ3n) is 3.14. The number of carbonyl (C=O) groups excluding carboxylic acids is 1. The lowest BCUT2D eigenvalue weighted by molar-refractivity contribution is -0.148. The number of hydrogen-bond donors (Lipinski definition) is 1. The lowest BCUT2D eigenvalue weighted by Gasteiger charge is -2.36. The van der Waals surface area contributed by atoms with Crippen LogP contribution in [0.5, 0.6) is 0 Å². The fourth-order valence-electron chi connectivity index (χ4n) is 2.22. The van der Waals surface area contributed by atoms with Crippen LogP contribution in [0, 0.1) is 0 Å². The fourth-order valence-corrected chi connectivity index (χ4v) is 2.22. The smallest absolute Gasteiger partial charge is 0.321 e. The van der Waals surface area contributed by atoms with Crippen molar-refractivity contribution < 1.29 is 18.0 Å². The van der Waals surface area contributed by atoms with Crippen LogP contribution in [0.15, 0.2) is 0 Å². The highest BCUT2D eigenvalue weighted by Crippen LogP contribution is 2.17. The summed E-state index contributed by atoms with van der Waals surface area (Å²) < 4.78 is 36.6. The SMILES string of the molecule is O=C(N1CCN(CC(F)(F)F)CC1)N1CCCN1. The number of hydrogen-bond acceptors (Lipinski definition) is 3. The van der Waals surface area contributed by atoms with Gasteiger partial charge in [-0.2, -0.15) is 13.2 Å². The molecule has 5 nitrogen and oxygen atoms in total. The summed E-state index contributed by atoms with van der Waals surface area (Å²) in [7, 11) is 0. The summed E-state index contributed by atoms with van der Waals surface area (Å²) in [5, 5.41) is 1.54. The first kappa shape index (κ1) is 13.4. The van der Waals surface area contributed by atoms with Crippen LogP contribution in [0.25, 0.3) is 0 Å². The van der Waals surface area contributed by atoms with Gasteiger partial charge in [-0.3, -0.25) is 9.91 Å². The zero-order chi connectivity index (χ0) is 13.2. The van der Waals surface area contributed by atoms with Crippen molar-refractivity contribution in [3.05, 3.63) is 0 Å². The van der Waals surface area contributed by atoms with Gasteiger partial charge < -0.3 is 4.90 Å². The minimum Gasteiger partial charge on any atom is -0.321 e. The van der Waals surface area contributed by atoms with E-state index >= 15 is 0 Å². The van der Waals surface area contributed by atoms with Crippen LogP contribution in [-0.4, -0.2) is 72.8 Å². The maximum Gasteiger partial charge on any atom is 0.401 e. The first-order chi connectivity index (χ1) is 8.46. The standard InChI is InChI=1S/C10H17F3N4O/c11-10(12,13)8-15-4-6-16(7-5-15)9(18)17-3-1-2-14-17/h14H,1-8H2. The molecular formula is C10H17F3N4O. The summed E-state index contributed by atoms with van der Waals surface area (Å²) in [5.41, 5.74) is 2.95. The van der Waals surface area contributed by atoms with Crippen LogP contribution >= 0.6 is 0 Å². The molecule has 0 aliphatic carbocycles. The van der Waals surface area contributed by atoms with E-state index in [-0.39, 0.29) is 19.1 Å². The summed E-state index contributed by atoms with van der Waals surface area (Å²) in [6, 6.07) is -0.126. The second-order valence-electron chi connectivity index (χ2n) is 4.57. The Morgan fingerprint density at radius 3 is 2.28 bits per heavy atom. The van der Waals surface area contributed by atoms with Gasteiger partial charge in [0.05, 0.1) is 6.54 Å². The fraction of sp³-hybridized carbons (Fsp3) is 0.900. The molecule has 1 N–H and O–H groups in total. The molecule has 0 aromatic heterocycles. The van der Waals surface area contributed by atoms with E-state index < -0.39 is 12.7 Å². The van der Waals surface area contributed by atoms with Crippen molar-refractivity contribution in [1.29, 1.82) is 0 Å². The summed E-state index contributed by atoms with van der Waals surface area (Å²) in [6.07, 6.45) is -3.25. The minimum atomic E-state index is -4.16. The number of nitrogens with zero attached hydrogens (tertiary/aromatic N) is 3. The molecule has 0 atom stereocenters. The molecule has 0 aromatic carbocycles. The van der Waals surface area contributed by atoms with Crippen molar-refractivity contribution >= 4 is 6.03 Å². The summed E-state index contributed by atoms with van der Waals surface area (Å²) >= 11 is 0. The average Bonchev–Trinajstić information content (AvgIpc) is 2.80. The van der Waals surface area contributed by atoms with Gasteiger partial charge in [0.25, 0.3) is 0 Å². The predicted molar refractivity (Wildman–Crippen MR) is 58.8 cm³/mol. The van der Waals surface area contributed by atoms with Gasteiger partial charge in [0.15, 0.2) is 0 Å². The molecule has 0 spiro atoms. The molecule has 0 saturated carbocycles. The first-order valence-corrected chi connectivity index (χ1v) is 6.05. The number of hydrazine groups is 1. The van der Waals surface area contributed by atoms with Crippen LogP contribution in [0.2, 0.25) is 0 Å².